The Labute approximate surface area is 434 Å². The zero-order valence-corrected chi connectivity index (χ0v) is 44.2. The highest BCUT2D eigenvalue weighted by Crippen LogP contribution is 2.41. The number of aliphatic hydroxyl groups excluding tert-OH is 1. The molecule has 8 aromatic rings. The molecule has 0 saturated heterocycles. The third kappa shape index (κ3) is 8.97. The van der Waals surface area contributed by atoms with Gasteiger partial charge in [0.2, 0.25) is 17.6 Å². The predicted octanol–water partition coefficient (Wildman–Crippen LogP) is 6.57. The first-order chi connectivity index (χ1) is 36.2. The number of rotatable bonds is 9. The van der Waals surface area contributed by atoms with Crippen molar-refractivity contribution in [1.82, 2.24) is 78.9 Å². The molecule has 2 fully saturated rings. The maximum absolute atomic E-state index is 11.1. The Morgan fingerprint density at radius 2 is 1.63 bits per heavy atom. The minimum absolute atomic E-state index is 0.0379. The largest absolute Gasteiger partial charge is 0.476 e. The molecule has 0 radical (unpaired) electrons. The molecule has 0 spiro atoms. The van der Waals surface area contributed by atoms with Crippen LogP contribution in [-0.2, 0) is 33.4 Å². The average Bonchev–Trinajstić information content (AvgIpc) is 4.04. The van der Waals surface area contributed by atoms with E-state index >= 15 is 0 Å². The Kier molecular flexibility index (Phi) is 12.3. The summed E-state index contributed by atoms with van der Waals surface area (Å²) in [6, 6.07) is 4.41. The van der Waals surface area contributed by atoms with Gasteiger partial charge in [0.25, 0.3) is 0 Å². The lowest BCUT2D eigenvalue weighted by molar-refractivity contribution is 0.119. The molecular weight excluding hydrogens is 953 g/mol. The molecular formula is C54H66N16O5. The van der Waals surface area contributed by atoms with Gasteiger partial charge in [-0.05, 0) is 118 Å². The average molecular weight is 1020 g/mol. The molecule has 2 saturated carbocycles. The SMILES string of the molecule is CCOc1nn(CC2(O)CC2)c2c1/C=C/c1n[nH]c3cnc(cc13)-c1c(C)nn(Cn3nc4c5cc(nc(C)c53)-c3c(C)nn(C)c3OC[C@@H](C)N(C3CC3)Cc3c(cnn3[C@@H](C)CO)/C=C/4)c1O[C@@H](C)CN(C)C2. The highest BCUT2D eigenvalue weighted by Gasteiger charge is 2.42. The minimum atomic E-state index is -0.784. The van der Waals surface area contributed by atoms with Gasteiger partial charge in [0.05, 0.1) is 123 Å². The van der Waals surface area contributed by atoms with Crippen molar-refractivity contribution in [3.63, 3.8) is 0 Å². The molecule has 3 atom stereocenters. The summed E-state index contributed by atoms with van der Waals surface area (Å²) in [7, 11) is 3.98. The van der Waals surface area contributed by atoms with Crippen LogP contribution in [0.1, 0.15) is 110 Å². The number of likely N-dealkylation sites (N-methyl/N-ethyl adjacent to an activating group) is 1. The van der Waals surface area contributed by atoms with Gasteiger partial charge in [-0.3, -0.25) is 34.2 Å². The number of fused-ring (bicyclic) bond motifs is 8. The molecule has 2 aliphatic heterocycles. The van der Waals surface area contributed by atoms with Gasteiger partial charge in [0.1, 0.15) is 19.4 Å². The van der Waals surface area contributed by atoms with Crippen LogP contribution in [0.25, 0.3) is 68.6 Å². The fraction of sp³-hybridized carbons (Fsp3) is 0.481. The Morgan fingerprint density at radius 3 is 2.40 bits per heavy atom. The molecule has 75 heavy (non-hydrogen) atoms. The fourth-order valence-corrected chi connectivity index (χ4v) is 11.0. The van der Waals surface area contributed by atoms with E-state index in [-0.39, 0.29) is 31.5 Å². The predicted molar refractivity (Wildman–Crippen MR) is 284 cm³/mol. The van der Waals surface area contributed by atoms with E-state index in [1.54, 1.807) is 6.20 Å². The van der Waals surface area contributed by atoms with Crippen molar-refractivity contribution in [1.29, 1.82) is 0 Å². The number of hydrogen-bond acceptors (Lipinski definition) is 15. The van der Waals surface area contributed by atoms with E-state index in [1.165, 1.54) is 0 Å². The van der Waals surface area contributed by atoms with Crippen molar-refractivity contribution >= 4 is 46.1 Å². The van der Waals surface area contributed by atoms with Crippen molar-refractivity contribution in [2.24, 2.45) is 7.05 Å². The Balaban J connectivity index is 0.983. The van der Waals surface area contributed by atoms with Crippen molar-refractivity contribution in [3.05, 3.63) is 75.5 Å². The van der Waals surface area contributed by atoms with Gasteiger partial charge in [0, 0.05) is 55.1 Å². The molecule has 0 aromatic carbocycles. The van der Waals surface area contributed by atoms with Gasteiger partial charge in [-0.2, -0.15) is 25.5 Å². The van der Waals surface area contributed by atoms with Crippen molar-refractivity contribution in [3.8, 4) is 40.2 Å². The number of nitrogens with zero attached hydrogens (tertiary/aromatic N) is 15. The van der Waals surface area contributed by atoms with Crippen LogP contribution in [0, 0.1) is 20.8 Å². The smallest absolute Gasteiger partial charge is 0.240 e. The second-order valence-electron chi connectivity index (χ2n) is 21.3. The van der Waals surface area contributed by atoms with Crippen LogP contribution in [0.3, 0.4) is 0 Å². The summed E-state index contributed by atoms with van der Waals surface area (Å²) in [5, 5.41) is 56.4. The highest BCUT2D eigenvalue weighted by molar-refractivity contribution is 5.94. The summed E-state index contributed by atoms with van der Waals surface area (Å²) in [6.45, 7) is 17.3. The van der Waals surface area contributed by atoms with Crippen LogP contribution in [0.2, 0.25) is 0 Å². The van der Waals surface area contributed by atoms with E-state index < -0.39 is 5.60 Å². The van der Waals surface area contributed by atoms with E-state index in [0.717, 1.165) is 115 Å². The molecule has 4 bridgehead atoms. The number of H-pyrrole nitrogens is 1. The molecule has 8 aromatic heterocycles. The second-order valence-corrected chi connectivity index (χ2v) is 21.3. The summed E-state index contributed by atoms with van der Waals surface area (Å²) in [5.41, 5.74) is 11.4. The lowest BCUT2D eigenvalue weighted by Gasteiger charge is -2.30. The molecule has 21 heteroatoms. The Hall–Kier alpha value is -7.20. The quantitative estimate of drug-likeness (QED) is 0.139. The normalized spacial score (nSPS) is 20.3. The molecule has 12 rings (SSSR count). The molecule has 0 amide bonds. The number of pyridine rings is 2. The molecule has 2 aliphatic carbocycles. The number of aromatic amines is 1. The summed E-state index contributed by atoms with van der Waals surface area (Å²) in [5.74, 6) is 1.72. The van der Waals surface area contributed by atoms with Crippen molar-refractivity contribution in [2.45, 2.75) is 130 Å². The van der Waals surface area contributed by atoms with Crippen LogP contribution in [0.4, 0.5) is 0 Å². The fourth-order valence-electron chi connectivity index (χ4n) is 11.0. The topological polar surface area (TPSA) is 218 Å². The van der Waals surface area contributed by atoms with Gasteiger partial charge in [-0.25, -0.2) is 14.0 Å². The molecule has 10 heterocycles. The van der Waals surface area contributed by atoms with E-state index in [2.05, 4.69) is 54.0 Å². The van der Waals surface area contributed by atoms with Crippen LogP contribution in [0.15, 0.2) is 24.5 Å². The number of nitrogens with one attached hydrogen (secondary N) is 1. The van der Waals surface area contributed by atoms with Gasteiger partial charge in [-0.15, -0.1) is 5.10 Å². The first-order valence-electron chi connectivity index (χ1n) is 26.2. The maximum atomic E-state index is 11.1. The molecule has 21 nitrogen and oxygen atoms in total. The Bertz CT molecular complexity index is 3540. The molecule has 392 valence electrons. The van der Waals surface area contributed by atoms with E-state index in [9.17, 15) is 10.2 Å². The lowest BCUT2D eigenvalue weighted by Crippen LogP contribution is -2.39. The van der Waals surface area contributed by atoms with Gasteiger partial charge < -0.3 is 24.4 Å². The van der Waals surface area contributed by atoms with E-state index in [0.29, 0.717) is 68.8 Å². The van der Waals surface area contributed by atoms with Gasteiger partial charge in [-0.1, -0.05) is 0 Å². The van der Waals surface area contributed by atoms with Crippen LogP contribution in [-0.4, -0.2) is 146 Å². The second kappa shape index (κ2) is 18.9. The summed E-state index contributed by atoms with van der Waals surface area (Å²) in [6.07, 6.45) is 15.2. The number of aromatic nitrogens is 14. The highest BCUT2D eigenvalue weighted by atomic mass is 16.5. The number of aryl methyl sites for hydroxylation is 4. The maximum Gasteiger partial charge on any atom is 0.240 e. The first kappa shape index (κ1) is 48.7. The zero-order valence-electron chi connectivity index (χ0n) is 44.2. The minimum Gasteiger partial charge on any atom is -0.476 e. The molecule has 0 unspecified atom stereocenters. The van der Waals surface area contributed by atoms with Crippen molar-refractivity contribution < 1.29 is 24.4 Å². The van der Waals surface area contributed by atoms with Crippen molar-refractivity contribution in [2.75, 3.05) is 33.4 Å². The van der Waals surface area contributed by atoms with Crippen LogP contribution >= 0.6 is 0 Å². The number of hydrogen-bond donors (Lipinski definition) is 3. The standard InChI is InChI=1S/C54H66N16O5/c1-10-73-51-38-14-16-41-39-19-43(55-22-45(39)59-58-41)48-34(6)61-69(53(48)75-32(4)23-64(8)24-47(38)67(63-51)28-54(72)17-18-54)29-68-50-35(7)57-44-20-40(50)42(62-68)15-11-36-21-56-70(30(2)26-71)46(36)25-66(37-12-13-37)31(3)27-74-52-49(44)33(5)60-65(52)9/h11,14-16,19-22,30-32,37,71-72H,10,12-13,17-18,23-29H2,1-9H3,(H,58,59)/b15-11+,16-14+/t30-,31+,32-/m0/s1. The third-order valence-corrected chi connectivity index (χ3v) is 15.2. The third-order valence-electron chi connectivity index (χ3n) is 15.2. The lowest BCUT2D eigenvalue weighted by atomic mass is 10.1. The summed E-state index contributed by atoms with van der Waals surface area (Å²) >= 11 is 0. The summed E-state index contributed by atoms with van der Waals surface area (Å²) < 4.78 is 29.5. The number of aliphatic hydroxyl groups is 2. The van der Waals surface area contributed by atoms with Crippen LogP contribution in [0.5, 0.6) is 17.6 Å². The Morgan fingerprint density at radius 1 is 0.853 bits per heavy atom. The molecule has 3 N–H and O–H groups in total. The first-order valence-corrected chi connectivity index (χ1v) is 26.2. The van der Waals surface area contributed by atoms with E-state index in [1.807, 2.05) is 89.5 Å². The monoisotopic (exact) mass is 1020 g/mol. The summed E-state index contributed by atoms with van der Waals surface area (Å²) in [4.78, 5) is 15.0. The van der Waals surface area contributed by atoms with E-state index in [4.69, 9.17) is 54.8 Å². The van der Waals surface area contributed by atoms with Gasteiger partial charge in [0.15, 0.2) is 0 Å². The molecule has 4 aliphatic rings. The van der Waals surface area contributed by atoms with Gasteiger partial charge >= 0.3 is 0 Å². The van der Waals surface area contributed by atoms with Crippen LogP contribution < -0.4 is 14.2 Å². The zero-order chi connectivity index (χ0) is 52.0. The number of ether oxygens (including phenoxy) is 3.